The molecule has 6 heteroatoms. The maximum absolute atomic E-state index is 6.88. The Bertz CT molecular complexity index is 1300. The van der Waals surface area contributed by atoms with Crippen molar-refractivity contribution in [1.29, 1.82) is 0 Å². The summed E-state index contributed by atoms with van der Waals surface area (Å²) in [5.74, 6) is 1.62. The first-order chi connectivity index (χ1) is 18.5. The molecule has 5 nitrogen and oxygen atoms in total. The zero-order chi connectivity index (χ0) is 26.6. The maximum atomic E-state index is 6.88. The minimum atomic E-state index is -0.707. The Labute approximate surface area is 233 Å². The van der Waals surface area contributed by atoms with Gasteiger partial charge in [-0.05, 0) is 65.6 Å². The highest BCUT2D eigenvalue weighted by molar-refractivity contribution is 9.10. The predicted octanol–water partition coefficient (Wildman–Crippen LogP) is 6.21. The van der Waals surface area contributed by atoms with Crippen molar-refractivity contribution in [3.05, 3.63) is 130 Å². The van der Waals surface area contributed by atoms with Crippen LogP contribution < -0.4 is 20.1 Å². The first-order valence-electron chi connectivity index (χ1n) is 12.7. The number of ether oxygens (including phenoxy) is 3. The Morgan fingerprint density at radius 1 is 0.816 bits per heavy atom. The van der Waals surface area contributed by atoms with E-state index >= 15 is 0 Å². The lowest BCUT2D eigenvalue weighted by Crippen LogP contribution is -2.60. The Kier molecular flexibility index (Phi) is 7.86. The SMILES string of the molecule is COc1ccc(C(NC2CNCC(C)(c3cccc(Br)c3)O2)(c2ccccc2)c2ccc(OC)cc2)cc1. The molecule has 5 rings (SSSR count). The topological polar surface area (TPSA) is 51.8 Å². The summed E-state index contributed by atoms with van der Waals surface area (Å²) in [7, 11) is 3.37. The molecule has 0 radical (unpaired) electrons. The van der Waals surface area contributed by atoms with E-state index in [9.17, 15) is 0 Å². The highest BCUT2D eigenvalue weighted by atomic mass is 79.9. The molecule has 1 aliphatic heterocycles. The van der Waals surface area contributed by atoms with Gasteiger partial charge in [-0.1, -0.05) is 82.7 Å². The molecule has 0 saturated carbocycles. The summed E-state index contributed by atoms with van der Waals surface area (Å²) < 4.78 is 18.9. The van der Waals surface area contributed by atoms with Crippen molar-refractivity contribution >= 4 is 15.9 Å². The van der Waals surface area contributed by atoms with Crippen LogP contribution in [0, 0.1) is 0 Å². The fourth-order valence-electron chi connectivity index (χ4n) is 5.27. The number of morpholine rings is 1. The molecule has 4 aromatic rings. The van der Waals surface area contributed by atoms with Crippen LogP contribution in [0.2, 0.25) is 0 Å². The van der Waals surface area contributed by atoms with E-state index in [1.807, 2.05) is 42.5 Å². The smallest absolute Gasteiger partial charge is 0.123 e. The molecule has 0 aromatic heterocycles. The Hall–Kier alpha value is -3.16. The van der Waals surface area contributed by atoms with Gasteiger partial charge in [0.25, 0.3) is 0 Å². The molecule has 4 aromatic carbocycles. The standard InChI is InChI=1S/C32H33BrN2O3/c1-31(26-10-7-11-27(33)20-26)22-34-21-30(38-31)35-32(23-8-5-4-6-9-23,24-12-16-28(36-2)17-13-24)25-14-18-29(37-3)19-15-25/h4-20,30,34-35H,21-22H2,1-3H3. The molecular formula is C32H33BrN2O3. The average Bonchev–Trinajstić information content (AvgIpc) is 2.97. The van der Waals surface area contributed by atoms with Crippen molar-refractivity contribution in [2.24, 2.45) is 0 Å². The minimum absolute atomic E-state index is 0.294. The second-order valence-electron chi connectivity index (χ2n) is 9.70. The van der Waals surface area contributed by atoms with Gasteiger partial charge in [-0.15, -0.1) is 0 Å². The molecule has 1 saturated heterocycles. The molecule has 2 unspecified atom stereocenters. The van der Waals surface area contributed by atoms with Crippen LogP contribution in [0.5, 0.6) is 11.5 Å². The Morgan fingerprint density at radius 2 is 1.39 bits per heavy atom. The van der Waals surface area contributed by atoms with E-state index in [0.717, 1.165) is 38.2 Å². The van der Waals surface area contributed by atoms with E-state index in [2.05, 4.69) is 94.2 Å². The van der Waals surface area contributed by atoms with E-state index in [4.69, 9.17) is 14.2 Å². The van der Waals surface area contributed by atoms with Crippen molar-refractivity contribution < 1.29 is 14.2 Å². The Morgan fingerprint density at radius 3 is 1.95 bits per heavy atom. The van der Waals surface area contributed by atoms with Crippen LogP contribution in [0.25, 0.3) is 0 Å². The van der Waals surface area contributed by atoms with Crippen molar-refractivity contribution in [3.63, 3.8) is 0 Å². The van der Waals surface area contributed by atoms with Crippen LogP contribution in [-0.4, -0.2) is 33.5 Å². The van der Waals surface area contributed by atoms with Gasteiger partial charge in [0, 0.05) is 17.6 Å². The molecule has 38 heavy (non-hydrogen) atoms. The monoisotopic (exact) mass is 572 g/mol. The molecule has 2 N–H and O–H groups in total. The number of nitrogens with one attached hydrogen (secondary N) is 2. The molecule has 0 spiro atoms. The summed E-state index contributed by atoms with van der Waals surface area (Å²) in [6.45, 7) is 3.51. The fraction of sp³-hybridized carbons (Fsp3) is 0.250. The van der Waals surface area contributed by atoms with Gasteiger partial charge >= 0.3 is 0 Å². The second kappa shape index (κ2) is 11.3. The third kappa shape index (κ3) is 5.22. The number of halogens is 1. The van der Waals surface area contributed by atoms with E-state index in [1.165, 1.54) is 0 Å². The molecule has 1 fully saturated rings. The van der Waals surface area contributed by atoms with Crippen LogP contribution in [0.4, 0.5) is 0 Å². The van der Waals surface area contributed by atoms with Crippen LogP contribution in [0.1, 0.15) is 29.2 Å². The highest BCUT2D eigenvalue weighted by Crippen LogP contribution is 2.40. The van der Waals surface area contributed by atoms with Gasteiger partial charge in [0.1, 0.15) is 23.3 Å². The van der Waals surface area contributed by atoms with Gasteiger partial charge in [0.05, 0.1) is 19.8 Å². The first kappa shape index (κ1) is 26.4. The lowest BCUT2D eigenvalue weighted by atomic mass is 9.76. The quantitative estimate of drug-likeness (QED) is 0.246. The van der Waals surface area contributed by atoms with E-state index in [0.29, 0.717) is 13.1 Å². The van der Waals surface area contributed by atoms with Gasteiger partial charge in [0.15, 0.2) is 0 Å². The molecule has 1 aliphatic rings. The molecule has 0 bridgehead atoms. The lowest BCUT2D eigenvalue weighted by Gasteiger charge is -2.45. The minimum Gasteiger partial charge on any atom is -0.497 e. The van der Waals surface area contributed by atoms with Gasteiger partial charge in [-0.3, -0.25) is 5.32 Å². The van der Waals surface area contributed by atoms with E-state index in [1.54, 1.807) is 14.2 Å². The average molecular weight is 574 g/mol. The van der Waals surface area contributed by atoms with Crippen LogP contribution in [0.3, 0.4) is 0 Å². The predicted molar refractivity (Wildman–Crippen MR) is 155 cm³/mol. The van der Waals surface area contributed by atoms with Crippen molar-refractivity contribution in [2.75, 3.05) is 27.3 Å². The zero-order valence-corrected chi connectivity index (χ0v) is 23.5. The number of hydrogen-bond donors (Lipinski definition) is 2. The number of benzene rings is 4. The summed E-state index contributed by atoms with van der Waals surface area (Å²) in [5.41, 5.74) is 3.16. The zero-order valence-electron chi connectivity index (χ0n) is 21.9. The van der Waals surface area contributed by atoms with Gasteiger partial charge in [-0.25, -0.2) is 0 Å². The summed E-state index contributed by atoms with van der Waals surface area (Å²) in [6, 6.07) is 35.3. The molecule has 196 valence electrons. The number of hydrogen-bond acceptors (Lipinski definition) is 5. The fourth-order valence-corrected chi connectivity index (χ4v) is 5.67. The summed E-state index contributed by atoms with van der Waals surface area (Å²) >= 11 is 3.62. The highest BCUT2D eigenvalue weighted by Gasteiger charge is 2.42. The van der Waals surface area contributed by atoms with Crippen molar-refractivity contribution in [1.82, 2.24) is 10.6 Å². The van der Waals surface area contributed by atoms with Crippen LogP contribution >= 0.6 is 15.9 Å². The molecular weight excluding hydrogens is 540 g/mol. The van der Waals surface area contributed by atoms with Gasteiger partial charge < -0.3 is 19.5 Å². The van der Waals surface area contributed by atoms with Crippen LogP contribution in [-0.2, 0) is 15.9 Å². The molecule has 2 atom stereocenters. The van der Waals surface area contributed by atoms with Gasteiger partial charge in [-0.2, -0.15) is 0 Å². The second-order valence-corrected chi connectivity index (χ2v) is 10.6. The van der Waals surface area contributed by atoms with Crippen molar-refractivity contribution in [3.8, 4) is 11.5 Å². The third-order valence-corrected chi connectivity index (χ3v) is 7.75. The first-order valence-corrected chi connectivity index (χ1v) is 13.5. The lowest BCUT2D eigenvalue weighted by molar-refractivity contribution is -0.129. The number of rotatable bonds is 8. The molecule has 0 aliphatic carbocycles. The third-order valence-electron chi connectivity index (χ3n) is 7.26. The van der Waals surface area contributed by atoms with E-state index < -0.39 is 11.1 Å². The van der Waals surface area contributed by atoms with Crippen LogP contribution in [0.15, 0.2) is 108 Å². The van der Waals surface area contributed by atoms with Gasteiger partial charge in [0.2, 0.25) is 0 Å². The normalized spacial score (nSPS) is 19.6. The van der Waals surface area contributed by atoms with E-state index in [-0.39, 0.29) is 6.23 Å². The summed E-state index contributed by atoms with van der Waals surface area (Å²) in [4.78, 5) is 0. The molecule has 0 amide bonds. The Balaban J connectivity index is 1.63. The molecule has 1 heterocycles. The summed E-state index contributed by atoms with van der Waals surface area (Å²) in [6.07, 6.45) is -0.294. The van der Waals surface area contributed by atoms with Crippen molar-refractivity contribution in [2.45, 2.75) is 24.3 Å². The number of methoxy groups -OCH3 is 2. The summed E-state index contributed by atoms with van der Waals surface area (Å²) in [5, 5.41) is 7.57. The maximum Gasteiger partial charge on any atom is 0.123 e. The largest absolute Gasteiger partial charge is 0.497 e.